The van der Waals surface area contributed by atoms with E-state index in [4.69, 9.17) is 4.74 Å². The van der Waals surface area contributed by atoms with Crippen molar-refractivity contribution in [3.63, 3.8) is 0 Å². The first-order valence-corrected chi connectivity index (χ1v) is 7.19. The molecule has 1 aromatic carbocycles. The molecule has 1 atom stereocenters. The fourth-order valence-electron chi connectivity index (χ4n) is 2.31. The molecule has 0 spiro atoms. The molecule has 1 aromatic rings. The highest BCUT2D eigenvalue weighted by Gasteiger charge is 2.28. The SMILES string of the molecule is CCC(C)OC(=O)CN1C(=O)CCc2cc([N+](=O)[O-])ccc21. The predicted octanol–water partition coefficient (Wildman–Crippen LogP) is 2.22. The fourth-order valence-corrected chi connectivity index (χ4v) is 2.31. The monoisotopic (exact) mass is 306 g/mol. The first kappa shape index (κ1) is 15.9. The van der Waals surface area contributed by atoms with Gasteiger partial charge in [-0.2, -0.15) is 0 Å². The van der Waals surface area contributed by atoms with Crippen molar-refractivity contribution < 1.29 is 19.2 Å². The van der Waals surface area contributed by atoms with E-state index in [1.807, 2.05) is 6.92 Å². The Morgan fingerprint density at radius 3 is 2.82 bits per heavy atom. The standard InChI is InChI=1S/C15H18N2O5/c1-3-10(2)22-15(19)9-16-13-6-5-12(17(20)21)8-11(13)4-7-14(16)18/h5-6,8,10H,3-4,7,9H2,1-2H3. The van der Waals surface area contributed by atoms with Gasteiger partial charge in [0.15, 0.2) is 0 Å². The van der Waals surface area contributed by atoms with E-state index < -0.39 is 10.9 Å². The molecule has 118 valence electrons. The van der Waals surface area contributed by atoms with Crippen LogP contribution in [0, 0.1) is 10.1 Å². The zero-order valence-corrected chi connectivity index (χ0v) is 12.6. The molecule has 1 unspecified atom stereocenters. The van der Waals surface area contributed by atoms with Gasteiger partial charge in [-0.1, -0.05) is 6.92 Å². The lowest BCUT2D eigenvalue weighted by molar-refractivity contribution is -0.384. The molecule has 0 fully saturated rings. The zero-order valence-electron chi connectivity index (χ0n) is 12.6. The van der Waals surface area contributed by atoms with E-state index in [1.165, 1.54) is 23.1 Å². The Morgan fingerprint density at radius 2 is 2.18 bits per heavy atom. The second-order valence-corrected chi connectivity index (χ2v) is 5.26. The van der Waals surface area contributed by atoms with Crippen molar-refractivity contribution in [2.24, 2.45) is 0 Å². The maximum Gasteiger partial charge on any atom is 0.326 e. The maximum atomic E-state index is 12.1. The van der Waals surface area contributed by atoms with Gasteiger partial charge in [0.25, 0.3) is 5.69 Å². The van der Waals surface area contributed by atoms with E-state index in [-0.39, 0.29) is 30.7 Å². The molecule has 7 heteroatoms. The Hall–Kier alpha value is -2.44. The summed E-state index contributed by atoms with van der Waals surface area (Å²) in [6.07, 6.45) is 1.16. The van der Waals surface area contributed by atoms with Gasteiger partial charge in [0.2, 0.25) is 5.91 Å². The van der Waals surface area contributed by atoms with E-state index in [1.54, 1.807) is 6.92 Å². The summed E-state index contributed by atoms with van der Waals surface area (Å²) in [6.45, 7) is 3.51. The number of anilines is 1. The Bertz CT molecular complexity index is 614. The number of amides is 1. The molecule has 0 aromatic heterocycles. The summed E-state index contributed by atoms with van der Waals surface area (Å²) in [4.78, 5) is 35.6. The number of aryl methyl sites for hydroxylation is 1. The van der Waals surface area contributed by atoms with E-state index in [0.29, 0.717) is 24.1 Å². The van der Waals surface area contributed by atoms with Gasteiger partial charge in [0.05, 0.1) is 11.0 Å². The minimum atomic E-state index is -0.478. The smallest absolute Gasteiger partial charge is 0.326 e. The number of nitro benzene ring substituents is 1. The van der Waals surface area contributed by atoms with Gasteiger partial charge in [-0.3, -0.25) is 19.7 Å². The molecule has 1 amide bonds. The van der Waals surface area contributed by atoms with Crippen molar-refractivity contribution >= 4 is 23.3 Å². The Morgan fingerprint density at radius 1 is 1.45 bits per heavy atom. The van der Waals surface area contributed by atoms with Crippen molar-refractivity contribution in [1.82, 2.24) is 0 Å². The van der Waals surface area contributed by atoms with Crippen LogP contribution in [0.5, 0.6) is 0 Å². The van der Waals surface area contributed by atoms with E-state index in [0.717, 1.165) is 0 Å². The van der Waals surface area contributed by atoms with Crippen LogP contribution >= 0.6 is 0 Å². The number of rotatable bonds is 5. The number of nitrogens with zero attached hydrogens (tertiary/aromatic N) is 2. The second kappa shape index (κ2) is 6.55. The summed E-state index contributed by atoms with van der Waals surface area (Å²) in [7, 11) is 0. The topological polar surface area (TPSA) is 89.8 Å². The molecule has 1 heterocycles. The summed E-state index contributed by atoms with van der Waals surface area (Å²) >= 11 is 0. The number of ether oxygens (including phenoxy) is 1. The third kappa shape index (κ3) is 3.41. The van der Waals surface area contributed by atoms with Crippen LogP contribution in [0.2, 0.25) is 0 Å². The number of carbonyl (C=O) groups excluding carboxylic acids is 2. The van der Waals surface area contributed by atoms with Crippen LogP contribution in [-0.4, -0.2) is 29.4 Å². The molecular weight excluding hydrogens is 288 g/mol. The molecule has 0 saturated heterocycles. The molecule has 22 heavy (non-hydrogen) atoms. The fraction of sp³-hybridized carbons (Fsp3) is 0.467. The van der Waals surface area contributed by atoms with Crippen LogP contribution in [0.25, 0.3) is 0 Å². The number of carbonyl (C=O) groups is 2. The minimum absolute atomic E-state index is 0.0183. The van der Waals surface area contributed by atoms with Crippen LogP contribution in [0.15, 0.2) is 18.2 Å². The molecule has 0 saturated carbocycles. The van der Waals surface area contributed by atoms with Crippen molar-refractivity contribution in [3.05, 3.63) is 33.9 Å². The van der Waals surface area contributed by atoms with Crippen LogP contribution in [0.1, 0.15) is 32.3 Å². The van der Waals surface area contributed by atoms with E-state index in [9.17, 15) is 19.7 Å². The molecule has 0 radical (unpaired) electrons. The number of hydrogen-bond donors (Lipinski definition) is 0. The number of benzene rings is 1. The molecule has 0 aliphatic carbocycles. The van der Waals surface area contributed by atoms with Crippen molar-refractivity contribution in [2.45, 2.75) is 39.2 Å². The van der Waals surface area contributed by atoms with Crippen molar-refractivity contribution in [2.75, 3.05) is 11.4 Å². The number of nitro groups is 1. The second-order valence-electron chi connectivity index (χ2n) is 5.26. The molecule has 0 bridgehead atoms. The lowest BCUT2D eigenvalue weighted by Gasteiger charge is -2.28. The van der Waals surface area contributed by atoms with Crippen molar-refractivity contribution in [1.29, 1.82) is 0 Å². The van der Waals surface area contributed by atoms with Gasteiger partial charge in [-0.25, -0.2) is 0 Å². The maximum absolute atomic E-state index is 12.1. The van der Waals surface area contributed by atoms with Crippen molar-refractivity contribution in [3.8, 4) is 0 Å². The minimum Gasteiger partial charge on any atom is -0.461 e. The molecule has 1 aliphatic rings. The third-order valence-corrected chi connectivity index (χ3v) is 3.67. The highest BCUT2D eigenvalue weighted by Crippen LogP contribution is 2.30. The lowest BCUT2D eigenvalue weighted by atomic mass is 10.0. The molecule has 2 rings (SSSR count). The number of esters is 1. The van der Waals surface area contributed by atoms with Gasteiger partial charge < -0.3 is 9.64 Å². The van der Waals surface area contributed by atoms with E-state index >= 15 is 0 Å². The largest absolute Gasteiger partial charge is 0.461 e. The third-order valence-electron chi connectivity index (χ3n) is 3.67. The van der Waals surface area contributed by atoms with Gasteiger partial charge in [-0.05, 0) is 31.4 Å². The Kier molecular flexibility index (Phi) is 4.75. The van der Waals surface area contributed by atoms with E-state index in [2.05, 4.69) is 0 Å². The lowest BCUT2D eigenvalue weighted by Crippen LogP contribution is -2.40. The van der Waals surface area contributed by atoms with Gasteiger partial charge >= 0.3 is 5.97 Å². The normalized spacial score (nSPS) is 15.2. The number of hydrogen-bond acceptors (Lipinski definition) is 5. The highest BCUT2D eigenvalue weighted by molar-refractivity contribution is 6.00. The first-order valence-electron chi connectivity index (χ1n) is 7.19. The Balaban J connectivity index is 2.21. The van der Waals surface area contributed by atoms with Crippen LogP contribution < -0.4 is 4.90 Å². The molecule has 1 aliphatic heterocycles. The van der Waals surface area contributed by atoms with Gasteiger partial charge in [0, 0.05) is 24.2 Å². The van der Waals surface area contributed by atoms with Crippen LogP contribution in [-0.2, 0) is 20.7 Å². The number of non-ortho nitro benzene ring substituents is 1. The predicted molar refractivity (Wildman–Crippen MR) is 79.6 cm³/mol. The Labute approximate surface area is 128 Å². The first-order chi connectivity index (χ1) is 10.4. The van der Waals surface area contributed by atoms with Crippen LogP contribution in [0.3, 0.4) is 0 Å². The summed E-state index contributed by atoms with van der Waals surface area (Å²) in [6, 6.07) is 4.31. The zero-order chi connectivity index (χ0) is 16.3. The quantitative estimate of drug-likeness (QED) is 0.472. The summed E-state index contributed by atoms with van der Waals surface area (Å²) < 4.78 is 5.19. The molecular formula is C15H18N2O5. The average Bonchev–Trinajstić information content (AvgIpc) is 2.49. The average molecular weight is 306 g/mol. The number of fused-ring (bicyclic) bond motifs is 1. The molecule has 7 nitrogen and oxygen atoms in total. The summed E-state index contributed by atoms with van der Waals surface area (Å²) in [5, 5.41) is 10.8. The van der Waals surface area contributed by atoms with Crippen LogP contribution in [0.4, 0.5) is 11.4 Å². The summed E-state index contributed by atoms with van der Waals surface area (Å²) in [5.74, 6) is -0.656. The summed E-state index contributed by atoms with van der Waals surface area (Å²) in [5.41, 5.74) is 1.23. The van der Waals surface area contributed by atoms with Gasteiger partial charge in [0.1, 0.15) is 6.54 Å². The van der Waals surface area contributed by atoms with Gasteiger partial charge in [-0.15, -0.1) is 0 Å². The molecule has 0 N–H and O–H groups in total. The highest BCUT2D eigenvalue weighted by atomic mass is 16.6.